The molecule has 1 aromatic heterocycles. The Labute approximate surface area is 117 Å². The second kappa shape index (κ2) is 8.21. The van der Waals surface area contributed by atoms with Gasteiger partial charge in [0.1, 0.15) is 6.54 Å². The molecule has 1 rings (SSSR count). The molecule has 0 aliphatic rings. The summed E-state index contributed by atoms with van der Waals surface area (Å²) in [7, 11) is -6.09. The van der Waals surface area contributed by atoms with Crippen molar-refractivity contribution in [3.63, 3.8) is 0 Å². The van der Waals surface area contributed by atoms with Crippen LogP contribution >= 0.6 is 0 Å². The second-order valence-corrected chi connectivity index (χ2v) is 5.35. The van der Waals surface area contributed by atoms with E-state index in [0.717, 1.165) is 6.54 Å². The number of hydrogen-bond acceptors (Lipinski definition) is 3. The fraction of sp³-hybridized carbons (Fsp3) is 0.583. The molecule has 116 valence electrons. The van der Waals surface area contributed by atoms with Crippen LogP contribution in [0.2, 0.25) is 0 Å². The van der Waals surface area contributed by atoms with E-state index in [1.807, 2.05) is 0 Å². The van der Waals surface area contributed by atoms with Crippen molar-refractivity contribution in [3.05, 3.63) is 30.1 Å². The van der Waals surface area contributed by atoms with Crippen molar-refractivity contribution in [2.75, 3.05) is 0 Å². The van der Waals surface area contributed by atoms with Gasteiger partial charge in [-0.1, -0.05) is 19.4 Å². The van der Waals surface area contributed by atoms with Gasteiger partial charge in [-0.15, -0.1) is 0 Å². The standard InChI is InChI=1S/C11H18N.CHF3O3S/c1-3-5-8-11-9-6-7-10-12(11)4-2;2-1(3,4)8(5,6)7/h6-7,9-10H,3-5,8H2,1-2H3;(H,5,6,7)/q+1;/p-1. The summed E-state index contributed by atoms with van der Waals surface area (Å²) in [5.74, 6) is 0. The molecule has 0 unspecified atom stereocenters. The zero-order chi connectivity index (χ0) is 15.8. The molecule has 8 heteroatoms. The number of nitrogens with zero attached hydrogens (tertiary/aromatic N) is 1. The number of alkyl halides is 3. The van der Waals surface area contributed by atoms with Crippen LogP contribution in [0.1, 0.15) is 32.4 Å². The van der Waals surface area contributed by atoms with E-state index >= 15 is 0 Å². The van der Waals surface area contributed by atoms with Crippen molar-refractivity contribution in [2.45, 2.75) is 45.2 Å². The molecule has 0 radical (unpaired) electrons. The first-order valence-corrected chi connectivity index (χ1v) is 7.53. The van der Waals surface area contributed by atoms with Crippen LogP contribution in [0.3, 0.4) is 0 Å². The lowest BCUT2D eigenvalue weighted by atomic mass is 10.2. The minimum absolute atomic E-state index is 1.08. The highest BCUT2D eigenvalue weighted by molar-refractivity contribution is 7.86. The highest BCUT2D eigenvalue weighted by Crippen LogP contribution is 2.20. The van der Waals surface area contributed by atoms with E-state index in [1.165, 1.54) is 25.0 Å². The Hall–Kier alpha value is -1.15. The molecule has 0 aromatic carbocycles. The molecule has 20 heavy (non-hydrogen) atoms. The summed E-state index contributed by atoms with van der Waals surface area (Å²) in [6.07, 6.45) is 5.94. The molecule has 1 aromatic rings. The van der Waals surface area contributed by atoms with Gasteiger partial charge in [0, 0.05) is 18.6 Å². The average Bonchev–Trinajstić information content (AvgIpc) is 2.35. The summed E-state index contributed by atoms with van der Waals surface area (Å²) in [6.45, 7) is 5.51. The van der Waals surface area contributed by atoms with Crippen molar-refractivity contribution in [1.82, 2.24) is 0 Å². The van der Waals surface area contributed by atoms with E-state index in [9.17, 15) is 13.2 Å². The molecule has 0 amide bonds. The summed E-state index contributed by atoms with van der Waals surface area (Å²) in [5.41, 5.74) is -4.19. The summed E-state index contributed by atoms with van der Waals surface area (Å²) >= 11 is 0. The Kier molecular flexibility index (Phi) is 7.74. The topological polar surface area (TPSA) is 61.1 Å². The van der Waals surface area contributed by atoms with Gasteiger partial charge in [-0.05, 0) is 13.3 Å². The summed E-state index contributed by atoms with van der Waals surface area (Å²) < 4.78 is 61.2. The number of hydrogen-bond donors (Lipinski definition) is 0. The smallest absolute Gasteiger partial charge is 0.485 e. The number of halogens is 3. The molecule has 4 nitrogen and oxygen atoms in total. The zero-order valence-electron chi connectivity index (χ0n) is 11.4. The summed E-state index contributed by atoms with van der Waals surface area (Å²) in [4.78, 5) is 0. The number of rotatable bonds is 4. The molecule has 0 bridgehead atoms. The number of pyridine rings is 1. The molecule has 0 saturated carbocycles. The third-order valence-electron chi connectivity index (χ3n) is 2.45. The Balaban J connectivity index is 0.000000396. The molecule has 0 N–H and O–H groups in total. The van der Waals surface area contributed by atoms with Crippen LogP contribution in [0, 0.1) is 0 Å². The van der Waals surface area contributed by atoms with Crippen molar-refractivity contribution in [1.29, 1.82) is 0 Å². The minimum Gasteiger partial charge on any atom is -0.741 e. The number of aromatic nitrogens is 1. The Morgan fingerprint density at radius 1 is 1.25 bits per heavy atom. The third-order valence-corrected chi connectivity index (χ3v) is 3.01. The average molecular weight is 313 g/mol. The predicted octanol–water partition coefficient (Wildman–Crippen LogP) is 2.39. The SMILES string of the molecule is CCCCc1cccc[n+]1CC.O=S(=O)([O-])C(F)(F)F. The third kappa shape index (κ3) is 6.85. The van der Waals surface area contributed by atoms with Crippen molar-refractivity contribution in [3.8, 4) is 0 Å². The van der Waals surface area contributed by atoms with Gasteiger partial charge >= 0.3 is 5.51 Å². The number of aryl methyl sites for hydroxylation is 2. The molecule has 0 spiro atoms. The Morgan fingerprint density at radius 3 is 2.20 bits per heavy atom. The summed E-state index contributed by atoms with van der Waals surface area (Å²) in [5, 5.41) is 0. The molecule has 0 saturated heterocycles. The predicted molar refractivity (Wildman–Crippen MR) is 66.7 cm³/mol. The quantitative estimate of drug-likeness (QED) is 0.487. The van der Waals surface area contributed by atoms with Crippen molar-refractivity contribution >= 4 is 10.1 Å². The van der Waals surface area contributed by atoms with E-state index in [2.05, 4.69) is 42.8 Å². The van der Waals surface area contributed by atoms with Crippen LogP contribution in [-0.4, -0.2) is 18.5 Å². The van der Waals surface area contributed by atoms with Crippen LogP contribution < -0.4 is 4.57 Å². The first kappa shape index (κ1) is 18.9. The molecule has 0 aliphatic heterocycles. The molecule has 0 atom stereocenters. The second-order valence-electron chi connectivity index (χ2n) is 3.98. The monoisotopic (exact) mass is 313 g/mol. The maximum Gasteiger partial charge on any atom is 0.485 e. The maximum absolute atomic E-state index is 10.7. The maximum atomic E-state index is 10.7. The largest absolute Gasteiger partial charge is 0.741 e. The molecule has 0 fully saturated rings. The van der Waals surface area contributed by atoms with E-state index in [-0.39, 0.29) is 0 Å². The number of unbranched alkanes of at least 4 members (excludes halogenated alkanes) is 1. The lowest BCUT2D eigenvalue weighted by Gasteiger charge is -2.08. The van der Waals surface area contributed by atoms with Crippen molar-refractivity contribution in [2.24, 2.45) is 0 Å². The van der Waals surface area contributed by atoms with Gasteiger partial charge in [0.25, 0.3) is 0 Å². The van der Waals surface area contributed by atoms with Crippen molar-refractivity contribution < 1.29 is 30.7 Å². The van der Waals surface area contributed by atoms with E-state index in [4.69, 9.17) is 13.0 Å². The van der Waals surface area contributed by atoms with Crippen LogP contribution in [-0.2, 0) is 23.1 Å². The summed E-state index contributed by atoms with van der Waals surface area (Å²) in [6, 6.07) is 6.44. The van der Waals surface area contributed by atoms with Gasteiger partial charge in [0.15, 0.2) is 22.0 Å². The van der Waals surface area contributed by atoms with Gasteiger partial charge in [-0.25, -0.2) is 13.0 Å². The molecule has 1 heterocycles. The lowest BCUT2D eigenvalue weighted by Crippen LogP contribution is -2.36. The van der Waals surface area contributed by atoms with Gasteiger partial charge in [-0.3, -0.25) is 0 Å². The van der Waals surface area contributed by atoms with Crippen LogP contribution in [0.4, 0.5) is 13.2 Å². The van der Waals surface area contributed by atoms with Gasteiger partial charge in [0.2, 0.25) is 0 Å². The van der Waals surface area contributed by atoms with Crippen LogP contribution in [0.25, 0.3) is 0 Å². The Morgan fingerprint density at radius 2 is 1.80 bits per heavy atom. The first-order chi connectivity index (χ1) is 9.13. The van der Waals surface area contributed by atoms with Crippen LogP contribution in [0.5, 0.6) is 0 Å². The first-order valence-electron chi connectivity index (χ1n) is 6.13. The van der Waals surface area contributed by atoms with E-state index in [0.29, 0.717) is 0 Å². The van der Waals surface area contributed by atoms with Gasteiger partial charge < -0.3 is 4.55 Å². The highest BCUT2D eigenvalue weighted by atomic mass is 32.2. The Bertz CT molecular complexity index is 501. The van der Waals surface area contributed by atoms with Gasteiger partial charge in [-0.2, -0.15) is 13.2 Å². The van der Waals surface area contributed by atoms with Gasteiger partial charge in [0.05, 0.1) is 0 Å². The van der Waals surface area contributed by atoms with E-state index < -0.39 is 15.6 Å². The molecular formula is C12H18F3NO3S. The highest BCUT2D eigenvalue weighted by Gasteiger charge is 2.36. The normalized spacial score (nSPS) is 11.7. The van der Waals surface area contributed by atoms with E-state index in [1.54, 1.807) is 0 Å². The molecule has 0 aliphatic carbocycles. The zero-order valence-corrected chi connectivity index (χ0v) is 12.2. The fourth-order valence-electron chi connectivity index (χ4n) is 1.41. The fourth-order valence-corrected chi connectivity index (χ4v) is 1.41. The molecular weight excluding hydrogens is 295 g/mol. The lowest BCUT2D eigenvalue weighted by molar-refractivity contribution is -0.700. The minimum atomic E-state index is -6.09. The van der Waals surface area contributed by atoms with Crippen LogP contribution in [0.15, 0.2) is 24.4 Å².